The van der Waals surface area contributed by atoms with E-state index in [4.69, 9.17) is 0 Å². The van der Waals surface area contributed by atoms with E-state index in [0.717, 1.165) is 38.0 Å². The molecule has 2 aromatic rings. The van der Waals surface area contributed by atoms with Gasteiger partial charge >= 0.3 is 0 Å². The van der Waals surface area contributed by atoms with Gasteiger partial charge in [0.2, 0.25) is 5.91 Å². The fraction of sp³-hybridized carbons (Fsp3) is 0.318. The van der Waals surface area contributed by atoms with Gasteiger partial charge in [0.1, 0.15) is 0 Å². The monoisotopic (exact) mass is 334 g/mol. The maximum atomic E-state index is 12.1. The van der Waals surface area contributed by atoms with E-state index >= 15 is 0 Å². The average Bonchev–Trinajstić information content (AvgIpc) is 2.63. The molecule has 2 aromatic carbocycles. The summed E-state index contributed by atoms with van der Waals surface area (Å²) in [6, 6.07) is 19.0. The lowest BCUT2D eigenvalue weighted by Gasteiger charge is -2.32. The van der Waals surface area contributed by atoms with Gasteiger partial charge < -0.3 is 5.32 Å². The summed E-state index contributed by atoms with van der Waals surface area (Å²) in [5, 5.41) is 3.14. The van der Waals surface area contributed by atoms with Crippen molar-refractivity contribution in [2.24, 2.45) is 0 Å². The first-order valence-corrected chi connectivity index (χ1v) is 9.00. The van der Waals surface area contributed by atoms with Crippen molar-refractivity contribution in [1.82, 2.24) is 10.2 Å². The summed E-state index contributed by atoms with van der Waals surface area (Å²) >= 11 is 0. The van der Waals surface area contributed by atoms with Crippen LogP contribution < -0.4 is 5.32 Å². The normalized spacial score (nSPS) is 16.2. The molecule has 0 atom stereocenters. The van der Waals surface area contributed by atoms with Gasteiger partial charge in [-0.25, -0.2) is 0 Å². The molecule has 1 fully saturated rings. The summed E-state index contributed by atoms with van der Waals surface area (Å²) in [7, 11) is 0. The van der Waals surface area contributed by atoms with Gasteiger partial charge in [0.05, 0.1) is 0 Å². The third-order valence-corrected chi connectivity index (χ3v) is 4.65. The summed E-state index contributed by atoms with van der Waals surface area (Å²) in [5.41, 5.74) is 3.62. The summed E-state index contributed by atoms with van der Waals surface area (Å²) in [6.45, 7) is 5.11. The topological polar surface area (TPSA) is 32.3 Å². The van der Waals surface area contributed by atoms with Crippen molar-refractivity contribution < 1.29 is 4.79 Å². The smallest absolute Gasteiger partial charge is 0.244 e. The Bertz CT molecular complexity index is 716. The quantitative estimate of drug-likeness (QED) is 0.844. The average molecular weight is 334 g/mol. The lowest BCUT2D eigenvalue weighted by atomic mass is 10.0. The van der Waals surface area contributed by atoms with Crippen molar-refractivity contribution in [3.05, 3.63) is 77.4 Å². The van der Waals surface area contributed by atoms with Gasteiger partial charge in [-0.1, -0.05) is 60.2 Å². The third kappa shape index (κ3) is 5.57. The lowest BCUT2D eigenvalue weighted by molar-refractivity contribution is -0.117. The van der Waals surface area contributed by atoms with E-state index in [0.29, 0.717) is 0 Å². The Morgan fingerprint density at radius 3 is 2.60 bits per heavy atom. The molecule has 130 valence electrons. The molecule has 1 heterocycles. The number of nitrogens with one attached hydrogen (secondary N) is 1. The second-order valence-corrected chi connectivity index (χ2v) is 6.79. The van der Waals surface area contributed by atoms with Crippen LogP contribution in [-0.4, -0.2) is 29.9 Å². The predicted octanol–water partition coefficient (Wildman–Crippen LogP) is 3.79. The van der Waals surface area contributed by atoms with Gasteiger partial charge in [-0.05, 0) is 37.0 Å². The summed E-state index contributed by atoms with van der Waals surface area (Å²) < 4.78 is 0. The number of benzene rings is 2. The number of amides is 1. The molecule has 25 heavy (non-hydrogen) atoms. The molecule has 3 heteroatoms. The van der Waals surface area contributed by atoms with E-state index < -0.39 is 0 Å². The molecule has 1 saturated heterocycles. The van der Waals surface area contributed by atoms with Crippen molar-refractivity contribution in [3.8, 4) is 0 Å². The molecule has 3 rings (SSSR count). The number of hydrogen-bond acceptors (Lipinski definition) is 2. The van der Waals surface area contributed by atoms with Gasteiger partial charge in [-0.3, -0.25) is 9.69 Å². The van der Waals surface area contributed by atoms with Crippen molar-refractivity contribution >= 4 is 12.0 Å². The van der Waals surface area contributed by atoms with E-state index in [1.807, 2.05) is 18.2 Å². The fourth-order valence-electron chi connectivity index (χ4n) is 3.27. The molecule has 1 N–H and O–H groups in total. The van der Waals surface area contributed by atoms with E-state index in [1.165, 1.54) is 11.1 Å². The third-order valence-electron chi connectivity index (χ3n) is 4.65. The highest BCUT2D eigenvalue weighted by Gasteiger charge is 2.19. The largest absolute Gasteiger partial charge is 0.350 e. The molecule has 1 amide bonds. The Morgan fingerprint density at radius 2 is 1.88 bits per heavy atom. The van der Waals surface area contributed by atoms with Gasteiger partial charge in [-0.15, -0.1) is 0 Å². The van der Waals surface area contributed by atoms with Crippen LogP contribution in [0, 0.1) is 6.92 Å². The zero-order valence-electron chi connectivity index (χ0n) is 14.8. The van der Waals surface area contributed by atoms with Crippen molar-refractivity contribution in [2.75, 3.05) is 13.1 Å². The zero-order chi connectivity index (χ0) is 17.5. The molecule has 0 unspecified atom stereocenters. The molecule has 3 nitrogen and oxygen atoms in total. The fourth-order valence-corrected chi connectivity index (χ4v) is 3.27. The molecule has 0 saturated carbocycles. The van der Waals surface area contributed by atoms with Crippen LogP contribution in [-0.2, 0) is 11.3 Å². The minimum Gasteiger partial charge on any atom is -0.350 e. The highest BCUT2D eigenvalue weighted by molar-refractivity contribution is 5.91. The number of carbonyl (C=O) groups is 1. The molecule has 0 bridgehead atoms. The van der Waals surface area contributed by atoms with Crippen LogP contribution >= 0.6 is 0 Å². The number of piperidine rings is 1. The number of likely N-dealkylation sites (tertiary alicyclic amines) is 1. The molecular formula is C22H26N2O. The van der Waals surface area contributed by atoms with Crippen molar-refractivity contribution in [2.45, 2.75) is 32.4 Å². The molecule has 0 spiro atoms. The van der Waals surface area contributed by atoms with Gasteiger partial charge in [-0.2, -0.15) is 0 Å². The molecular weight excluding hydrogens is 308 g/mol. The van der Waals surface area contributed by atoms with Crippen LogP contribution in [0.2, 0.25) is 0 Å². The maximum absolute atomic E-state index is 12.1. The van der Waals surface area contributed by atoms with Crippen LogP contribution in [0.3, 0.4) is 0 Å². The lowest BCUT2D eigenvalue weighted by Crippen LogP contribution is -2.43. The van der Waals surface area contributed by atoms with E-state index in [1.54, 1.807) is 6.08 Å². The number of hydrogen-bond donors (Lipinski definition) is 1. The number of nitrogens with zero attached hydrogens (tertiary/aromatic N) is 1. The molecule has 0 radical (unpaired) electrons. The standard InChI is InChI=1S/C22H26N2O/c1-18-6-5-9-19(16-18)10-11-22(25)23-21-12-14-24(15-13-21)17-20-7-3-2-4-8-20/h2-11,16,21H,12-15,17H2,1H3,(H,23,25)/b11-10+. The molecule has 0 aromatic heterocycles. The SMILES string of the molecule is Cc1cccc(/C=C/C(=O)NC2CCN(Cc3ccccc3)CC2)c1. The van der Waals surface area contributed by atoms with Crippen LogP contribution in [0.15, 0.2) is 60.7 Å². The maximum Gasteiger partial charge on any atom is 0.244 e. The molecule has 0 aliphatic carbocycles. The first kappa shape index (κ1) is 17.4. The van der Waals surface area contributed by atoms with Crippen LogP contribution in [0.4, 0.5) is 0 Å². The first-order chi connectivity index (χ1) is 12.2. The van der Waals surface area contributed by atoms with E-state index in [-0.39, 0.29) is 11.9 Å². The van der Waals surface area contributed by atoms with Crippen molar-refractivity contribution in [3.63, 3.8) is 0 Å². The second kappa shape index (κ2) is 8.63. The minimum atomic E-state index is 0.00279. The Kier molecular flexibility index (Phi) is 6.02. The van der Waals surface area contributed by atoms with Crippen LogP contribution in [0.25, 0.3) is 6.08 Å². The summed E-state index contributed by atoms with van der Waals surface area (Å²) in [5.74, 6) is 0.00279. The minimum absolute atomic E-state index is 0.00279. The first-order valence-electron chi connectivity index (χ1n) is 9.00. The second-order valence-electron chi connectivity index (χ2n) is 6.79. The Balaban J connectivity index is 1.43. The summed E-state index contributed by atoms with van der Waals surface area (Å²) in [4.78, 5) is 14.6. The molecule has 1 aliphatic rings. The van der Waals surface area contributed by atoms with E-state index in [2.05, 4.69) is 59.6 Å². The van der Waals surface area contributed by atoms with E-state index in [9.17, 15) is 4.79 Å². The highest BCUT2D eigenvalue weighted by Crippen LogP contribution is 2.14. The Labute approximate surface area is 150 Å². The highest BCUT2D eigenvalue weighted by atomic mass is 16.1. The van der Waals surface area contributed by atoms with Gasteiger partial charge in [0.25, 0.3) is 0 Å². The number of carbonyl (C=O) groups excluding carboxylic acids is 1. The zero-order valence-corrected chi connectivity index (χ0v) is 14.8. The van der Waals surface area contributed by atoms with Crippen molar-refractivity contribution in [1.29, 1.82) is 0 Å². The molecule has 1 aliphatic heterocycles. The van der Waals surface area contributed by atoms with Gasteiger partial charge in [0, 0.05) is 31.8 Å². The predicted molar refractivity (Wildman–Crippen MR) is 103 cm³/mol. The van der Waals surface area contributed by atoms with Gasteiger partial charge in [0.15, 0.2) is 0 Å². The number of rotatable bonds is 5. The Hall–Kier alpha value is -2.39. The number of aryl methyl sites for hydroxylation is 1. The summed E-state index contributed by atoms with van der Waals surface area (Å²) in [6.07, 6.45) is 5.55. The Morgan fingerprint density at radius 1 is 1.12 bits per heavy atom. The van der Waals surface area contributed by atoms with Crippen LogP contribution in [0.1, 0.15) is 29.5 Å². The van der Waals surface area contributed by atoms with Crippen LogP contribution in [0.5, 0.6) is 0 Å².